The van der Waals surface area contributed by atoms with Crippen molar-refractivity contribution in [2.45, 2.75) is 31.7 Å². The van der Waals surface area contributed by atoms with Crippen molar-refractivity contribution < 1.29 is 0 Å². The van der Waals surface area contributed by atoms with Gasteiger partial charge in [0.1, 0.15) is 0 Å². The number of benzene rings is 1. The first kappa shape index (κ1) is 8.98. The van der Waals surface area contributed by atoms with Crippen LogP contribution in [0.2, 0.25) is 0 Å². The molecule has 1 aromatic carbocycles. The maximum atomic E-state index is 6.19. The van der Waals surface area contributed by atoms with Gasteiger partial charge in [0.25, 0.3) is 0 Å². The van der Waals surface area contributed by atoms with Crippen molar-refractivity contribution in [1.82, 2.24) is 0 Å². The van der Waals surface area contributed by atoms with Crippen molar-refractivity contribution in [1.29, 1.82) is 0 Å². The average Bonchev–Trinajstić information content (AvgIpc) is 2.30. The lowest BCUT2D eigenvalue weighted by Crippen LogP contribution is -2.45. The third kappa shape index (κ3) is 1.37. The fourth-order valence-electron chi connectivity index (χ4n) is 2.72. The highest BCUT2D eigenvalue weighted by Gasteiger charge is 2.28. The lowest BCUT2D eigenvalue weighted by atomic mass is 9.85. The lowest BCUT2D eigenvalue weighted by molar-refractivity contribution is 0.506. The average molecular weight is 200 g/mol. The minimum absolute atomic E-state index is 0.452. The minimum Gasteiger partial charge on any atom is -0.303 e. The zero-order valence-corrected chi connectivity index (χ0v) is 8.82. The van der Waals surface area contributed by atoms with Crippen LogP contribution in [0.4, 0.5) is 5.69 Å². The minimum atomic E-state index is 0.452. The van der Waals surface area contributed by atoms with Gasteiger partial charge in [-0.25, -0.2) is 5.84 Å². The molecule has 78 valence electrons. The molecule has 2 heteroatoms. The Morgan fingerprint density at radius 1 is 1.20 bits per heavy atom. The molecule has 1 fully saturated rings. The molecule has 15 heavy (non-hydrogen) atoms. The molecule has 2 nitrogen and oxygen atoms in total. The van der Waals surface area contributed by atoms with Crippen LogP contribution >= 0.6 is 0 Å². The normalized spacial score (nSPS) is 24.2. The topological polar surface area (TPSA) is 29.3 Å². The molecule has 0 saturated heterocycles. The van der Waals surface area contributed by atoms with Crippen molar-refractivity contribution in [3.05, 3.63) is 35.4 Å². The van der Waals surface area contributed by atoms with Crippen LogP contribution in [0.1, 0.15) is 31.2 Å². The number of nitrogens with zero attached hydrogens (tertiary/aromatic N) is 1. The molecule has 0 amide bonds. The highest BCUT2D eigenvalue weighted by molar-refractivity contribution is 5.74. The molecule has 0 aromatic heterocycles. The first-order valence-electron chi connectivity index (χ1n) is 5.70. The Balaban J connectivity index is 2.09. The molecule has 2 N–H and O–H groups in total. The summed E-state index contributed by atoms with van der Waals surface area (Å²) in [6.07, 6.45) is 7.38. The summed E-state index contributed by atoms with van der Waals surface area (Å²) in [5, 5.41) is 1.96. The zero-order valence-electron chi connectivity index (χ0n) is 8.82. The third-order valence-corrected chi connectivity index (χ3v) is 3.51. The van der Waals surface area contributed by atoms with Gasteiger partial charge < -0.3 is 5.01 Å². The Morgan fingerprint density at radius 3 is 3.00 bits per heavy atom. The SMILES string of the molecule is NN1c2ccccc2C=C2CCCCC21. The van der Waals surface area contributed by atoms with Gasteiger partial charge >= 0.3 is 0 Å². The van der Waals surface area contributed by atoms with Crippen LogP contribution in [0.3, 0.4) is 0 Å². The Hall–Kier alpha value is -1.28. The maximum Gasteiger partial charge on any atom is 0.0665 e. The number of para-hydroxylation sites is 1. The molecule has 1 aromatic rings. The number of hydrogen-bond acceptors (Lipinski definition) is 2. The molecule has 2 aliphatic rings. The summed E-state index contributed by atoms with van der Waals surface area (Å²) in [5.41, 5.74) is 3.96. The van der Waals surface area contributed by atoms with Crippen LogP contribution in [0.25, 0.3) is 6.08 Å². The van der Waals surface area contributed by atoms with Gasteiger partial charge in [-0.15, -0.1) is 0 Å². The fourth-order valence-corrected chi connectivity index (χ4v) is 2.72. The third-order valence-electron chi connectivity index (χ3n) is 3.51. The van der Waals surface area contributed by atoms with Crippen molar-refractivity contribution in [2.24, 2.45) is 5.84 Å². The Labute approximate surface area is 90.4 Å². The monoisotopic (exact) mass is 200 g/mol. The zero-order chi connectivity index (χ0) is 10.3. The first-order valence-corrected chi connectivity index (χ1v) is 5.70. The van der Waals surface area contributed by atoms with Gasteiger partial charge in [0, 0.05) is 0 Å². The summed E-state index contributed by atoms with van der Waals surface area (Å²) in [7, 11) is 0. The Morgan fingerprint density at radius 2 is 2.07 bits per heavy atom. The van der Waals surface area contributed by atoms with E-state index in [4.69, 9.17) is 5.84 Å². The van der Waals surface area contributed by atoms with Crippen LogP contribution in [0.15, 0.2) is 29.8 Å². The smallest absolute Gasteiger partial charge is 0.0665 e. The van der Waals surface area contributed by atoms with Crippen molar-refractivity contribution in [3.8, 4) is 0 Å². The van der Waals surface area contributed by atoms with Crippen LogP contribution in [0.5, 0.6) is 0 Å². The Kier molecular flexibility index (Phi) is 2.03. The summed E-state index contributed by atoms with van der Waals surface area (Å²) in [4.78, 5) is 0. The maximum absolute atomic E-state index is 6.19. The van der Waals surface area contributed by atoms with Crippen molar-refractivity contribution in [2.75, 3.05) is 5.01 Å². The fraction of sp³-hybridized carbons (Fsp3) is 0.385. The van der Waals surface area contributed by atoms with E-state index in [1.165, 1.54) is 42.5 Å². The van der Waals surface area contributed by atoms with Gasteiger partial charge in [0.2, 0.25) is 0 Å². The van der Waals surface area contributed by atoms with Crippen molar-refractivity contribution in [3.63, 3.8) is 0 Å². The molecule has 0 radical (unpaired) electrons. The van der Waals surface area contributed by atoms with Gasteiger partial charge in [0.05, 0.1) is 11.7 Å². The van der Waals surface area contributed by atoms with Gasteiger partial charge in [0.15, 0.2) is 0 Å². The van der Waals surface area contributed by atoms with E-state index in [0.29, 0.717) is 6.04 Å². The van der Waals surface area contributed by atoms with E-state index in [1.807, 2.05) is 5.01 Å². The molecule has 1 heterocycles. The van der Waals surface area contributed by atoms with Crippen LogP contribution in [-0.2, 0) is 0 Å². The highest BCUT2D eigenvalue weighted by atomic mass is 15.4. The molecular formula is C13H16N2. The standard InChI is InChI=1S/C13H16N2/c14-15-12-7-3-1-5-10(12)9-11-6-2-4-8-13(11)15/h1,3,5,7,9,13H,2,4,6,8,14H2. The predicted molar refractivity (Wildman–Crippen MR) is 63.3 cm³/mol. The summed E-state index contributed by atoms with van der Waals surface area (Å²) in [5.74, 6) is 6.19. The van der Waals surface area contributed by atoms with E-state index in [9.17, 15) is 0 Å². The van der Waals surface area contributed by atoms with E-state index in [-0.39, 0.29) is 0 Å². The lowest BCUT2D eigenvalue weighted by Gasteiger charge is -2.38. The number of hydrogen-bond donors (Lipinski definition) is 1. The second-order valence-electron chi connectivity index (χ2n) is 4.45. The molecule has 0 bridgehead atoms. The van der Waals surface area contributed by atoms with Crippen molar-refractivity contribution >= 4 is 11.8 Å². The van der Waals surface area contributed by atoms with Gasteiger partial charge in [-0.05, 0) is 36.5 Å². The number of fused-ring (bicyclic) bond motifs is 2. The summed E-state index contributed by atoms with van der Waals surface area (Å²) in [6, 6.07) is 8.84. The molecular weight excluding hydrogens is 184 g/mol. The molecule has 1 aliphatic carbocycles. The summed E-state index contributed by atoms with van der Waals surface area (Å²) >= 11 is 0. The molecule has 3 rings (SSSR count). The molecule has 0 spiro atoms. The first-order chi connectivity index (χ1) is 7.36. The van der Waals surface area contributed by atoms with E-state index >= 15 is 0 Å². The number of nitrogens with two attached hydrogens (primary N) is 1. The summed E-state index contributed by atoms with van der Waals surface area (Å²) < 4.78 is 0. The highest BCUT2D eigenvalue weighted by Crippen LogP contribution is 2.37. The molecule has 1 aliphatic heterocycles. The van der Waals surface area contributed by atoms with Gasteiger partial charge in [-0.1, -0.05) is 30.7 Å². The van der Waals surface area contributed by atoms with Crippen LogP contribution < -0.4 is 10.9 Å². The number of hydrazine groups is 1. The second kappa shape index (κ2) is 3.38. The Bertz CT molecular complexity index is 409. The van der Waals surface area contributed by atoms with E-state index in [2.05, 4.69) is 30.3 Å². The van der Waals surface area contributed by atoms with E-state index < -0.39 is 0 Å². The quantitative estimate of drug-likeness (QED) is 0.652. The predicted octanol–water partition coefficient (Wildman–Crippen LogP) is 2.71. The summed E-state index contributed by atoms with van der Waals surface area (Å²) in [6.45, 7) is 0. The number of rotatable bonds is 0. The van der Waals surface area contributed by atoms with Gasteiger partial charge in [-0.2, -0.15) is 0 Å². The second-order valence-corrected chi connectivity index (χ2v) is 4.45. The molecule has 1 unspecified atom stereocenters. The van der Waals surface area contributed by atoms with E-state index in [1.54, 1.807) is 0 Å². The molecule has 1 saturated carbocycles. The number of anilines is 1. The van der Waals surface area contributed by atoms with Crippen LogP contribution in [-0.4, -0.2) is 6.04 Å². The van der Waals surface area contributed by atoms with Gasteiger partial charge in [-0.3, -0.25) is 0 Å². The van der Waals surface area contributed by atoms with Crippen LogP contribution in [0, 0.1) is 0 Å². The molecule has 1 atom stereocenters. The van der Waals surface area contributed by atoms with E-state index in [0.717, 1.165) is 0 Å². The largest absolute Gasteiger partial charge is 0.303 e.